The van der Waals surface area contributed by atoms with Crippen LogP contribution < -0.4 is 11.1 Å². The number of amides is 1. The van der Waals surface area contributed by atoms with Crippen LogP contribution in [0, 0.1) is 6.92 Å². The highest BCUT2D eigenvalue weighted by atomic mass is 32.2. The number of aromatic amines is 1. The minimum Gasteiger partial charge on any atom is -0.382 e. The number of aryl methyl sites for hydroxylation is 1. The summed E-state index contributed by atoms with van der Waals surface area (Å²) >= 11 is 1.92. The number of anilines is 1. The molecule has 1 amide bonds. The summed E-state index contributed by atoms with van der Waals surface area (Å²) in [6.45, 7) is 1.81. The number of nitrogen functional groups attached to an aromatic ring is 1. The van der Waals surface area contributed by atoms with Crippen LogP contribution in [0.1, 0.15) is 41.7 Å². The van der Waals surface area contributed by atoms with Crippen molar-refractivity contribution in [2.45, 2.75) is 43.9 Å². The topological polar surface area (TPSA) is 83.8 Å². The molecule has 1 aromatic rings. The van der Waals surface area contributed by atoms with Crippen molar-refractivity contribution >= 4 is 23.5 Å². The molecule has 1 aromatic heterocycles. The van der Waals surface area contributed by atoms with Crippen LogP contribution in [-0.2, 0) is 0 Å². The number of hydrogen-bond donors (Lipinski definition) is 3. The summed E-state index contributed by atoms with van der Waals surface area (Å²) in [5.41, 5.74) is 6.90. The fourth-order valence-electron chi connectivity index (χ4n) is 2.44. The average Bonchev–Trinajstić information content (AvgIpc) is 2.70. The van der Waals surface area contributed by atoms with Crippen molar-refractivity contribution in [3.8, 4) is 0 Å². The normalized spacial score (nSPS) is 23.9. The van der Waals surface area contributed by atoms with Crippen molar-refractivity contribution in [2.75, 3.05) is 12.0 Å². The van der Waals surface area contributed by atoms with Crippen molar-refractivity contribution < 1.29 is 4.79 Å². The molecule has 1 fully saturated rings. The lowest BCUT2D eigenvalue weighted by Crippen LogP contribution is -2.38. The van der Waals surface area contributed by atoms with E-state index < -0.39 is 0 Å². The Balaban J connectivity index is 1.93. The Kier molecular flexibility index (Phi) is 4.16. The maximum Gasteiger partial charge on any atom is 0.257 e. The summed E-state index contributed by atoms with van der Waals surface area (Å²) in [7, 11) is 0. The number of nitrogens with zero attached hydrogens (tertiary/aromatic N) is 1. The maximum atomic E-state index is 12.1. The first-order valence-electron chi connectivity index (χ1n) is 6.26. The molecule has 1 aliphatic rings. The number of aromatic nitrogens is 2. The molecular weight excluding hydrogens is 248 g/mol. The Morgan fingerprint density at radius 3 is 2.61 bits per heavy atom. The molecule has 0 spiro atoms. The number of rotatable bonds is 3. The molecule has 2 rings (SSSR count). The Morgan fingerprint density at radius 2 is 2.11 bits per heavy atom. The predicted molar refractivity (Wildman–Crippen MR) is 74.8 cm³/mol. The third-order valence-corrected chi connectivity index (χ3v) is 4.68. The molecule has 100 valence electrons. The standard InChI is InChI=1S/C12H20N4OS/c1-7-10(11(13)16-15-7)12(17)14-8-3-5-9(18-2)6-4-8/h8-9H,3-6H2,1-2H3,(H,14,17)(H3,13,15,16). The second-order valence-electron chi connectivity index (χ2n) is 4.79. The monoisotopic (exact) mass is 268 g/mol. The molecule has 1 saturated carbocycles. The molecule has 0 atom stereocenters. The highest BCUT2D eigenvalue weighted by molar-refractivity contribution is 7.99. The fraction of sp³-hybridized carbons (Fsp3) is 0.667. The molecule has 0 unspecified atom stereocenters. The highest BCUT2D eigenvalue weighted by Crippen LogP contribution is 2.27. The Morgan fingerprint density at radius 1 is 1.44 bits per heavy atom. The van der Waals surface area contributed by atoms with Gasteiger partial charge in [0.25, 0.3) is 5.91 Å². The summed E-state index contributed by atoms with van der Waals surface area (Å²) in [6, 6.07) is 0.273. The van der Waals surface area contributed by atoms with Gasteiger partial charge in [0.2, 0.25) is 0 Å². The number of carbonyl (C=O) groups excluding carboxylic acids is 1. The van der Waals surface area contributed by atoms with Gasteiger partial charge in [-0.05, 0) is 38.9 Å². The zero-order valence-corrected chi connectivity index (χ0v) is 11.6. The lowest BCUT2D eigenvalue weighted by Gasteiger charge is -2.28. The van der Waals surface area contributed by atoms with E-state index in [0.29, 0.717) is 5.56 Å². The van der Waals surface area contributed by atoms with Crippen LogP contribution in [0.15, 0.2) is 0 Å². The van der Waals surface area contributed by atoms with Crippen LogP contribution >= 0.6 is 11.8 Å². The van der Waals surface area contributed by atoms with Gasteiger partial charge in [-0.1, -0.05) is 0 Å². The molecule has 0 aliphatic heterocycles. The van der Waals surface area contributed by atoms with E-state index in [4.69, 9.17) is 5.73 Å². The van der Waals surface area contributed by atoms with E-state index in [1.807, 2.05) is 18.7 Å². The summed E-state index contributed by atoms with van der Waals surface area (Å²) in [4.78, 5) is 12.1. The molecule has 6 heteroatoms. The third kappa shape index (κ3) is 2.80. The van der Waals surface area contributed by atoms with Gasteiger partial charge in [0, 0.05) is 17.0 Å². The van der Waals surface area contributed by atoms with Crippen molar-refractivity contribution in [2.24, 2.45) is 0 Å². The smallest absolute Gasteiger partial charge is 0.257 e. The van der Waals surface area contributed by atoms with Gasteiger partial charge >= 0.3 is 0 Å². The molecule has 5 nitrogen and oxygen atoms in total. The van der Waals surface area contributed by atoms with Crippen molar-refractivity contribution in [1.29, 1.82) is 0 Å². The van der Waals surface area contributed by atoms with Gasteiger partial charge in [0.1, 0.15) is 5.56 Å². The minimum absolute atomic E-state index is 0.105. The van der Waals surface area contributed by atoms with E-state index >= 15 is 0 Å². The largest absolute Gasteiger partial charge is 0.382 e. The fourth-order valence-corrected chi connectivity index (χ4v) is 3.18. The first-order valence-corrected chi connectivity index (χ1v) is 7.54. The Labute approximate surface area is 111 Å². The van der Waals surface area contributed by atoms with Crippen molar-refractivity contribution in [3.05, 3.63) is 11.3 Å². The number of H-pyrrole nitrogens is 1. The van der Waals surface area contributed by atoms with E-state index in [2.05, 4.69) is 21.8 Å². The first kappa shape index (κ1) is 13.3. The molecule has 18 heavy (non-hydrogen) atoms. The molecule has 0 radical (unpaired) electrons. The number of nitrogens with two attached hydrogens (primary N) is 1. The number of hydrogen-bond acceptors (Lipinski definition) is 4. The van der Waals surface area contributed by atoms with Crippen LogP contribution in [0.4, 0.5) is 5.82 Å². The highest BCUT2D eigenvalue weighted by Gasteiger charge is 2.24. The number of carbonyl (C=O) groups is 1. The lowest BCUT2D eigenvalue weighted by atomic mass is 9.94. The van der Waals surface area contributed by atoms with E-state index in [1.165, 1.54) is 12.8 Å². The second kappa shape index (κ2) is 5.65. The molecule has 1 heterocycles. The summed E-state index contributed by atoms with van der Waals surface area (Å²) < 4.78 is 0. The average molecular weight is 268 g/mol. The molecule has 1 aliphatic carbocycles. The quantitative estimate of drug-likeness (QED) is 0.779. The molecular formula is C12H20N4OS. The SMILES string of the molecule is CSC1CCC(NC(=O)c2c(N)n[nH]c2C)CC1. The first-order chi connectivity index (χ1) is 8.61. The maximum absolute atomic E-state index is 12.1. The summed E-state index contributed by atoms with van der Waals surface area (Å²) in [6.07, 6.45) is 6.60. The molecule has 0 aromatic carbocycles. The van der Waals surface area contributed by atoms with E-state index in [9.17, 15) is 4.79 Å². The van der Waals surface area contributed by atoms with E-state index in [0.717, 1.165) is 23.8 Å². The summed E-state index contributed by atoms with van der Waals surface area (Å²) in [5, 5.41) is 10.4. The van der Waals surface area contributed by atoms with Crippen molar-refractivity contribution in [1.82, 2.24) is 15.5 Å². The van der Waals surface area contributed by atoms with Gasteiger partial charge in [-0.15, -0.1) is 0 Å². The van der Waals surface area contributed by atoms with Gasteiger partial charge < -0.3 is 11.1 Å². The zero-order valence-electron chi connectivity index (χ0n) is 10.8. The van der Waals surface area contributed by atoms with Crippen LogP contribution in [0.2, 0.25) is 0 Å². The Hall–Kier alpha value is -1.17. The van der Waals surface area contributed by atoms with Gasteiger partial charge in [-0.2, -0.15) is 16.9 Å². The molecule has 4 N–H and O–H groups in total. The minimum atomic E-state index is -0.105. The van der Waals surface area contributed by atoms with Crippen molar-refractivity contribution in [3.63, 3.8) is 0 Å². The van der Waals surface area contributed by atoms with Crippen LogP contribution in [-0.4, -0.2) is 33.7 Å². The lowest BCUT2D eigenvalue weighted by molar-refractivity contribution is 0.0928. The number of thioether (sulfide) groups is 1. The number of nitrogens with one attached hydrogen (secondary N) is 2. The van der Waals surface area contributed by atoms with Crippen LogP contribution in [0.3, 0.4) is 0 Å². The van der Waals surface area contributed by atoms with Crippen LogP contribution in [0.25, 0.3) is 0 Å². The summed E-state index contributed by atoms with van der Waals surface area (Å²) in [5.74, 6) is 0.175. The third-order valence-electron chi connectivity index (χ3n) is 3.55. The van der Waals surface area contributed by atoms with Gasteiger partial charge in [0.05, 0.1) is 0 Å². The molecule has 0 saturated heterocycles. The van der Waals surface area contributed by atoms with E-state index in [1.54, 1.807) is 0 Å². The van der Waals surface area contributed by atoms with Crippen LogP contribution in [0.5, 0.6) is 0 Å². The Bertz CT molecular complexity index is 404. The predicted octanol–water partition coefficient (Wildman–Crippen LogP) is 1.70. The second-order valence-corrected chi connectivity index (χ2v) is 5.93. The van der Waals surface area contributed by atoms with Gasteiger partial charge in [-0.3, -0.25) is 9.89 Å². The van der Waals surface area contributed by atoms with E-state index in [-0.39, 0.29) is 17.8 Å². The molecule has 0 bridgehead atoms. The van der Waals surface area contributed by atoms with Gasteiger partial charge in [-0.25, -0.2) is 0 Å². The zero-order chi connectivity index (χ0) is 13.1. The van der Waals surface area contributed by atoms with Gasteiger partial charge in [0.15, 0.2) is 5.82 Å².